The molecule has 1 aromatic carbocycles. The first-order valence-corrected chi connectivity index (χ1v) is 6.96. The van der Waals surface area contributed by atoms with E-state index in [9.17, 15) is 0 Å². The van der Waals surface area contributed by atoms with Gasteiger partial charge in [-0.3, -0.25) is 0 Å². The van der Waals surface area contributed by atoms with E-state index in [0.29, 0.717) is 0 Å². The molecule has 18 heavy (non-hydrogen) atoms. The molecule has 0 aliphatic carbocycles. The van der Waals surface area contributed by atoms with E-state index >= 15 is 0 Å². The van der Waals surface area contributed by atoms with Crippen molar-refractivity contribution in [1.29, 1.82) is 0 Å². The van der Waals surface area contributed by atoms with Gasteiger partial charge in [0.1, 0.15) is 5.75 Å². The smallest absolute Gasteiger partial charge is 0.121 e. The van der Waals surface area contributed by atoms with Gasteiger partial charge < -0.3 is 15.4 Å². The molecule has 3 heteroatoms. The molecule has 1 saturated heterocycles. The Labute approximate surface area is 109 Å². The minimum absolute atomic E-state index is 0.282. The number of hydrogen-bond acceptors (Lipinski definition) is 3. The molecule has 0 radical (unpaired) electrons. The Morgan fingerprint density at radius 2 is 2.28 bits per heavy atom. The van der Waals surface area contributed by atoms with Gasteiger partial charge in [-0.1, -0.05) is 13.0 Å². The second kappa shape index (κ2) is 4.81. The van der Waals surface area contributed by atoms with Crippen molar-refractivity contribution < 1.29 is 4.74 Å². The number of rotatable bonds is 3. The average Bonchev–Trinajstić information content (AvgIpc) is 2.85. The fourth-order valence-electron chi connectivity index (χ4n) is 2.86. The van der Waals surface area contributed by atoms with Crippen molar-refractivity contribution in [2.75, 3.05) is 31.6 Å². The van der Waals surface area contributed by atoms with Gasteiger partial charge in [0.05, 0.1) is 6.61 Å². The predicted molar refractivity (Wildman–Crippen MR) is 74.3 cm³/mol. The highest BCUT2D eigenvalue weighted by Gasteiger charge is 2.27. The molecular weight excluding hydrogens is 224 g/mol. The number of benzene rings is 1. The van der Waals surface area contributed by atoms with E-state index in [1.54, 1.807) is 0 Å². The van der Waals surface area contributed by atoms with E-state index in [1.165, 1.54) is 24.1 Å². The molecule has 1 atom stereocenters. The monoisotopic (exact) mass is 246 g/mol. The molecule has 2 aliphatic heterocycles. The van der Waals surface area contributed by atoms with Gasteiger partial charge in [0.2, 0.25) is 0 Å². The predicted octanol–water partition coefficient (Wildman–Crippen LogP) is 2.42. The van der Waals surface area contributed by atoms with Crippen LogP contribution in [0.4, 0.5) is 5.69 Å². The molecule has 0 aromatic heterocycles. The van der Waals surface area contributed by atoms with Crippen LogP contribution >= 0.6 is 0 Å². The van der Waals surface area contributed by atoms with E-state index in [1.807, 2.05) is 0 Å². The third-order valence-electron chi connectivity index (χ3n) is 4.06. The lowest BCUT2D eigenvalue weighted by atomic mass is 9.84. The molecular formula is C15H22N2O. The van der Waals surface area contributed by atoms with Crippen LogP contribution in [0.3, 0.4) is 0 Å². The molecule has 1 fully saturated rings. The fourth-order valence-corrected chi connectivity index (χ4v) is 2.86. The molecule has 3 rings (SSSR count). The second-order valence-electron chi connectivity index (χ2n) is 5.88. The number of ether oxygens (including phenoxy) is 1. The zero-order valence-corrected chi connectivity index (χ0v) is 11.1. The van der Waals surface area contributed by atoms with E-state index in [2.05, 4.69) is 35.8 Å². The first-order valence-electron chi connectivity index (χ1n) is 6.96. The maximum Gasteiger partial charge on any atom is 0.121 e. The Morgan fingerprint density at radius 1 is 1.33 bits per heavy atom. The van der Waals surface area contributed by atoms with Gasteiger partial charge in [-0.2, -0.15) is 0 Å². The molecule has 3 nitrogen and oxygen atoms in total. The Morgan fingerprint density at radius 3 is 3.11 bits per heavy atom. The summed E-state index contributed by atoms with van der Waals surface area (Å²) < 4.78 is 5.99. The molecule has 1 unspecified atom stereocenters. The maximum atomic E-state index is 5.99. The van der Waals surface area contributed by atoms with Gasteiger partial charge in [0.25, 0.3) is 0 Å². The van der Waals surface area contributed by atoms with Gasteiger partial charge in [0, 0.05) is 30.3 Å². The summed E-state index contributed by atoms with van der Waals surface area (Å²) in [6.07, 6.45) is 3.64. The van der Waals surface area contributed by atoms with Crippen molar-refractivity contribution >= 4 is 5.69 Å². The van der Waals surface area contributed by atoms with Gasteiger partial charge in [-0.25, -0.2) is 0 Å². The highest BCUT2D eigenvalue weighted by Crippen LogP contribution is 2.30. The third kappa shape index (κ3) is 2.46. The summed E-state index contributed by atoms with van der Waals surface area (Å²) >= 11 is 0. The summed E-state index contributed by atoms with van der Waals surface area (Å²) in [7, 11) is 0. The van der Waals surface area contributed by atoms with Gasteiger partial charge in [0.15, 0.2) is 0 Å². The van der Waals surface area contributed by atoms with Crippen molar-refractivity contribution in [2.45, 2.75) is 26.2 Å². The number of piperidine rings is 1. The van der Waals surface area contributed by atoms with E-state index in [0.717, 1.165) is 38.4 Å². The van der Waals surface area contributed by atoms with Crippen molar-refractivity contribution in [3.63, 3.8) is 0 Å². The lowest BCUT2D eigenvalue weighted by Crippen LogP contribution is -2.41. The van der Waals surface area contributed by atoms with Gasteiger partial charge >= 0.3 is 0 Å². The molecule has 1 aromatic rings. The first kappa shape index (κ1) is 11.8. The summed E-state index contributed by atoms with van der Waals surface area (Å²) in [6, 6.07) is 6.43. The van der Waals surface area contributed by atoms with Crippen LogP contribution in [0.15, 0.2) is 18.2 Å². The summed E-state index contributed by atoms with van der Waals surface area (Å²) in [5.74, 6) is 0.995. The molecule has 98 valence electrons. The number of hydrogen-bond donors (Lipinski definition) is 2. The van der Waals surface area contributed by atoms with E-state index in [-0.39, 0.29) is 5.41 Å². The van der Waals surface area contributed by atoms with E-state index < -0.39 is 0 Å². The van der Waals surface area contributed by atoms with E-state index in [4.69, 9.17) is 4.74 Å². The molecule has 0 amide bonds. The standard InChI is InChI=1S/C15H22N2O/c1-15(6-2-7-16-10-15)11-18-13-4-3-12-5-8-17-14(12)9-13/h3-4,9,16-17H,2,5-8,10-11H2,1H3. The molecule has 2 N–H and O–H groups in total. The molecule has 2 heterocycles. The molecule has 0 bridgehead atoms. The Hall–Kier alpha value is -1.22. The Kier molecular flexibility index (Phi) is 3.16. The van der Waals surface area contributed by atoms with Crippen LogP contribution in [0.2, 0.25) is 0 Å². The minimum Gasteiger partial charge on any atom is -0.493 e. The zero-order valence-electron chi connectivity index (χ0n) is 11.1. The molecule has 0 spiro atoms. The first-order chi connectivity index (χ1) is 8.75. The third-order valence-corrected chi connectivity index (χ3v) is 4.06. The SMILES string of the molecule is CC1(COc2ccc3c(c2)NCC3)CCCNC1. The second-order valence-corrected chi connectivity index (χ2v) is 5.88. The number of fused-ring (bicyclic) bond motifs is 1. The molecule has 2 aliphatic rings. The van der Waals surface area contributed by atoms with Crippen molar-refractivity contribution in [3.8, 4) is 5.75 Å². The fraction of sp³-hybridized carbons (Fsp3) is 0.600. The minimum atomic E-state index is 0.282. The zero-order chi connectivity index (χ0) is 12.4. The number of nitrogens with one attached hydrogen (secondary N) is 2. The maximum absolute atomic E-state index is 5.99. The summed E-state index contributed by atoms with van der Waals surface area (Å²) in [5.41, 5.74) is 2.94. The van der Waals surface area contributed by atoms with Crippen LogP contribution in [0.5, 0.6) is 5.75 Å². The van der Waals surface area contributed by atoms with Crippen molar-refractivity contribution in [1.82, 2.24) is 5.32 Å². The largest absolute Gasteiger partial charge is 0.493 e. The Balaban J connectivity index is 1.62. The van der Waals surface area contributed by atoms with Crippen LogP contribution in [-0.4, -0.2) is 26.2 Å². The van der Waals surface area contributed by atoms with Crippen molar-refractivity contribution in [2.24, 2.45) is 5.41 Å². The van der Waals surface area contributed by atoms with Crippen molar-refractivity contribution in [3.05, 3.63) is 23.8 Å². The lowest BCUT2D eigenvalue weighted by molar-refractivity contribution is 0.129. The van der Waals surface area contributed by atoms with Gasteiger partial charge in [-0.05, 0) is 37.4 Å². The highest BCUT2D eigenvalue weighted by molar-refractivity contribution is 5.58. The normalized spacial score (nSPS) is 26.5. The average molecular weight is 246 g/mol. The van der Waals surface area contributed by atoms with Crippen LogP contribution in [0.1, 0.15) is 25.3 Å². The quantitative estimate of drug-likeness (QED) is 0.859. The summed E-state index contributed by atoms with van der Waals surface area (Å²) in [6.45, 7) is 6.39. The molecule has 0 saturated carbocycles. The summed E-state index contributed by atoms with van der Waals surface area (Å²) in [4.78, 5) is 0. The van der Waals surface area contributed by atoms with Crippen LogP contribution in [-0.2, 0) is 6.42 Å². The van der Waals surface area contributed by atoms with Crippen LogP contribution in [0, 0.1) is 5.41 Å². The van der Waals surface area contributed by atoms with Crippen LogP contribution < -0.4 is 15.4 Å². The highest BCUT2D eigenvalue weighted by atomic mass is 16.5. The van der Waals surface area contributed by atoms with Gasteiger partial charge in [-0.15, -0.1) is 0 Å². The number of anilines is 1. The topological polar surface area (TPSA) is 33.3 Å². The Bertz CT molecular complexity index is 425. The summed E-state index contributed by atoms with van der Waals surface area (Å²) in [5, 5.41) is 6.86. The lowest BCUT2D eigenvalue weighted by Gasteiger charge is -2.33. The van der Waals surface area contributed by atoms with Crippen LogP contribution in [0.25, 0.3) is 0 Å².